The third kappa shape index (κ3) is 4.72. The fourth-order valence-corrected chi connectivity index (χ4v) is 6.19. The second-order valence-electron chi connectivity index (χ2n) is 9.68. The Hall–Kier alpha value is -2.96. The van der Waals surface area contributed by atoms with Crippen molar-refractivity contribution in [3.8, 4) is 0 Å². The normalized spacial score (nSPS) is 19.2. The Labute approximate surface area is 210 Å². The molecule has 5 rings (SSSR count). The highest BCUT2D eigenvalue weighted by Crippen LogP contribution is 2.37. The van der Waals surface area contributed by atoms with Gasteiger partial charge in [-0.25, -0.2) is 4.98 Å². The molecule has 2 aliphatic heterocycles. The molecule has 36 heavy (non-hydrogen) atoms. The van der Waals surface area contributed by atoms with E-state index in [1.165, 1.54) is 4.88 Å². The van der Waals surface area contributed by atoms with Gasteiger partial charge in [-0.1, -0.05) is 20.3 Å². The summed E-state index contributed by atoms with van der Waals surface area (Å²) in [6.07, 6.45) is -0.961. The molecule has 1 unspecified atom stereocenters. The van der Waals surface area contributed by atoms with Crippen LogP contribution in [0.15, 0.2) is 6.07 Å². The molecule has 9 nitrogen and oxygen atoms in total. The number of fused-ring (bicyclic) bond motifs is 2. The number of thiophene rings is 1. The molecular formula is C23H29F3N8OS. The van der Waals surface area contributed by atoms with Gasteiger partial charge in [0.25, 0.3) is 0 Å². The van der Waals surface area contributed by atoms with E-state index >= 15 is 0 Å². The van der Waals surface area contributed by atoms with Gasteiger partial charge in [0, 0.05) is 37.0 Å². The predicted molar refractivity (Wildman–Crippen MR) is 131 cm³/mol. The zero-order valence-electron chi connectivity index (χ0n) is 20.3. The topological polar surface area (TPSA) is 106 Å². The lowest BCUT2D eigenvalue weighted by Gasteiger charge is -2.30. The van der Waals surface area contributed by atoms with Crippen LogP contribution in [-0.4, -0.2) is 50.3 Å². The summed E-state index contributed by atoms with van der Waals surface area (Å²) in [5.74, 6) is 0.484. The number of aromatic nitrogens is 5. The average molecular weight is 523 g/mol. The maximum absolute atomic E-state index is 13.3. The molecule has 1 amide bonds. The number of rotatable bonds is 7. The molecule has 1 saturated heterocycles. The number of halogens is 3. The van der Waals surface area contributed by atoms with Crippen LogP contribution < -0.4 is 15.5 Å². The summed E-state index contributed by atoms with van der Waals surface area (Å²) < 4.78 is 41.1. The van der Waals surface area contributed by atoms with E-state index in [1.807, 2.05) is 11.8 Å². The molecule has 194 valence electrons. The Morgan fingerprint density at radius 2 is 2.03 bits per heavy atom. The molecular weight excluding hydrogens is 493 g/mol. The van der Waals surface area contributed by atoms with Crippen LogP contribution in [0.4, 0.5) is 24.9 Å². The average Bonchev–Trinajstić information content (AvgIpc) is 3.55. The zero-order valence-corrected chi connectivity index (χ0v) is 21.1. The molecule has 2 atom stereocenters. The van der Waals surface area contributed by atoms with E-state index < -0.39 is 12.0 Å². The quantitative estimate of drug-likeness (QED) is 0.505. The van der Waals surface area contributed by atoms with Crippen LogP contribution in [0.5, 0.6) is 0 Å². The van der Waals surface area contributed by atoms with Crippen LogP contribution in [0.2, 0.25) is 0 Å². The molecule has 2 N–H and O–H groups in total. The number of primary amides is 1. The minimum atomic E-state index is -4.54. The molecule has 0 aliphatic carbocycles. The number of nitrogens with zero attached hydrogens (tertiary/aromatic N) is 7. The molecule has 3 aromatic heterocycles. The molecule has 0 saturated carbocycles. The number of carbonyl (C=O) groups is 1. The maximum Gasteiger partial charge on any atom is 0.451 e. The van der Waals surface area contributed by atoms with Crippen molar-refractivity contribution in [2.24, 2.45) is 17.6 Å². The van der Waals surface area contributed by atoms with Gasteiger partial charge < -0.3 is 20.1 Å². The van der Waals surface area contributed by atoms with Crippen molar-refractivity contribution in [3.63, 3.8) is 0 Å². The van der Waals surface area contributed by atoms with Gasteiger partial charge in [0.05, 0.1) is 11.9 Å². The third-order valence-corrected chi connectivity index (χ3v) is 8.04. The summed E-state index contributed by atoms with van der Waals surface area (Å²) in [6.45, 7) is 6.16. The number of anilines is 2. The van der Waals surface area contributed by atoms with E-state index in [2.05, 4.69) is 28.1 Å². The van der Waals surface area contributed by atoms with Gasteiger partial charge in [-0.05, 0) is 31.2 Å². The second-order valence-corrected chi connectivity index (χ2v) is 10.8. The van der Waals surface area contributed by atoms with E-state index in [9.17, 15) is 18.0 Å². The van der Waals surface area contributed by atoms with Gasteiger partial charge in [0.1, 0.15) is 10.6 Å². The van der Waals surface area contributed by atoms with Crippen molar-refractivity contribution >= 4 is 39.2 Å². The van der Waals surface area contributed by atoms with E-state index in [1.54, 1.807) is 11.3 Å². The van der Waals surface area contributed by atoms with Gasteiger partial charge >= 0.3 is 6.18 Å². The van der Waals surface area contributed by atoms with E-state index in [4.69, 9.17) is 15.7 Å². The monoisotopic (exact) mass is 522 g/mol. The number of amides is 1. The molecule has 2 aliphatic rings. The smallest absolute Gasteiger partial charge is 0.369 e. The summed E-state index contributed by atoms with van der Waals surface area (Å²) >= 11 is 1.63. The van der Waals surface area contributed by atoms with Crippen LogP contribution in [0, 0.1) is 11.8 Å². The van der Waals surface area contributed by atoms with Crippen LogP contribution >= 0.6 is 11.3 Å². The summed E-state index contributed by atoms with van der Waals surface area (Å²) in [5, 5.41) is 8.14. The first-order chi connectivity index (χ1) is 17.1. The molecule has 0 radical (unpaired) electrons. The number of carbonyl (C=O) groups excluding carboxylic acids is 1. The zero-order chi connectivity index (χ0) is 25.6. The summed E-state index contributed by atoms with van der Waals surface area (Å²) in [5.41, 5.74) is 5.46. The lowest BCUT2D eigenvalue weighted by molar-refractivity contribution is -0.147. The summed E-state index contributed by atoms with van der Waals surface area (Å²) in [4.78, 5) is 27.5. The Morgan fingerprint density at radius 1 is 1.22 bits per heavy atom. The predicted octanol–water partition coefficient (Wildman–Crippen LogP) is 3.61. The third-order valence-electron chi connectivity index (χ3n) is 6.96. The van der Waals surface area contributed by atoms with Crippen LogP contribution in [0.3, 0.4) is 0 Å². The highest BCUT2D eigenvalue weighted by atomic mass is 32.1. The van der Waals surface area contributed by atoms with E-state index in [0.717, 1.165) is 53.6 Å². The van der Waals surface area contributed by atoms with Gasteiger partial charge in [-0.3, -0.25) is 4.79 Å². The first-order valence-electron chi connectivity index (χ1n) is 12.2. The first-order valence-corrected chi connectivity index (χ1v) is 13.0. The molecule has 1 fully saturated rings. The molecule has 5 heterocycles. The maximum atomic E-state index is 13.3. The highest BCUT2D eigenvalue weighted by molar-refractivity contribution is 7.18. The molecule has 0 aromatic carbocycles. The molecule has 13 heteroatoms. The summed E-state index contributed by atoms with van der Waals surface area (Å²) in [6, 6.07) is 2.10. The van der Waals surface area contributed by atoms with Gasteiger partial charge in [-0.2, -0.15) is 18.2 Å². The number of nitrogens with two attached hydrogens (primary N) is 1. The van der Waals surface area contributed by atoms with Gasteiger partial charge in [0.2, 0.25) is 17.7 Å². The number of alkyl halides is 3. The Morgan fingerprint density at radius 3 is 2.75 bits per heavy atom. The lowest BCUT2D eigenvalue weighted by Crippen LogP contribution is -2.36. The Balaban J connectivity index is 1.46. The first kappa shape index (κ1) is 24.7. The molecule has 3 aromatic rings. The van der Waals surface area contributed by atoms with Crippen molar-refractivity contribution in [3.05, 3.63) is 22.6 Å². The van der Waals surface area contributed by atoms with Crippen LogP contribution in [0.1, 0.15) is 49.6 Å². The summed E-state index contributed by atoms with van der Waals surface area (Å²) in [7, 11) is 0. The number of aryl methyl sites for hydroxylation is 1. The fourth-order valence-electron chi connectivity index (χ4n) is 5.07. The second kappa shape index (κ2) is 9.49. The van der Waals surface area contributed by atoms with Crippen LogP contribution in [0.25, 0.3) is 10.2 Å². The number of hydrogen-bond donors (Lipinski definition) is 1. The highest BCUT2D eigenvalue weighted by Gasteiger charge is 2.40. The van der Waals surface area contributed by atoms with E-state index in [-0.39, 0.29) is 30.7 Å². The fraction of sp³-hybridized carbons (Fsp3) is 0.609. The van der Waals surface area contributed by atoms with Crippen LogP contribution in [-0.2, 0) is 30.5 Å². The standard InChI is InChI=1S/C23H29F3N8OS/c1-3-4-15-10-16-19(32-7-8-34-17(12-32)30-31-21(34)23(24,25)26)28-22(29-20(16)36-15)33-6-5-14(11-33)9-13(2)18(27)35/h10,13-14H,3-9,11-12H2,1-2H3,(H2,27,35)/t13?,14-/m0/s1. The largest absolute Gasteiger partial charge is 0.451 e. The Kier molecular flexibility index (Phi) is 6.52. The van der Waals surface area contributed by atoms with Crippen molar-refractivity contribution in [1.82, 2.24) is 24.7 Å². The lowest BCUT2D eigenvalue weighted by atomic mass is 9.95. The van der Waals surface area contributed by atoms with E-state index in [0.29, 0.717) is 24.2 Å². The Bertz CT molecular complexity index is 1270. The number of hydrogen-bond acceptors (Lipinski definition) is 8. The van der Waals surface area contributed by atoms with Crippen molar-refractivity contribution < 1.29 is 18.0 Å². The van der Waals surface area contributed by atoms with Gasteiger partial charge in [-0.15, -0.1) is 21.5 Å². The molecule has 0 spiro atoms. The minimum Gasteiger partial charge on any atom is -0.369 e. The van der Waals surface area contributed by atoms with Crippen molar-refractivity contribution in [2.45, 2.75) is 58.8 Å². The van der Waals surface area contributed by atoms with Gasteiger partial charge in [0.15, 0.2) is 5.82 Å². The van der Waals surface area contributed by atoms with Crippen molar-refractivity contribution in [2.75, 3.05) is 29.4 Å². The molecule has 0 bridgehead atoms. The minimum absolute atomic E-state index is 0.126. The van der Waals surface area contributed by atoms with Crippen molar-refractivity contribution in [1.29, 1.82) is 0 Å². The SMILES string of the molecule is CCCc1cc2c(N3CCn4c(nnc4C(F)(F)F)C3)nc(N3CC[C@@H](CC(C)C(N)=O)C3)nc2s1.